The summed E-state index contributed by atoms with van der Waals surface area (Å²) < 4.78 is 14.6. The van der Waals surface area contributed by atoms with E-state index < -0.39 is 0 Å². The number of nitrogens with one attached hydrogen (secondary N) is 2. The SMILES string of the molecule is O=C(c1ccc(-n2cc(-c3cc4ccc(Br)cc4[nH]c3=O)nn2)cc1)N1CCOCC1.[C-]#N.[C-]#[N+]c1ccc2cc(-c3cn(-c4ccc(C(=O)N5CCOCC5)cc4)nn3)c(=O)[nH]c2c1.[Cu+]. The van der Waals surface area contributed by atoms with Crippen molar-refractivity contribution in [1.29, 1.82) is 5.26 Å². The number of fused-ring (bicyclic) bond motifs is 2. The van der Waals surface area contributed by atoms with Gasteiger partial charge in [-0.25, -0.2) is 14.2 Å². The predicted molar refractivity (Wildman–Crippen MR) is 242 cm³/mol. The number of rotatable bonds is 6. The summed E-state index contributed by atoms with van der Waals surface area (Å²) in [5.41, 5.74) is 5.68. The molecule has 4 aromatic heterocycles. The number of carbonyl (C=O) groups is 2. The van der Waals surface area contributed by atoms with Crippen molar-refractivity contribution in [2.24, 2.45) is 0 Å². The maximum atomic E-state index is 12.6. The largest absolute Gasteiger partial charge is 1.00 e. The van der Waals surface area contributed by atoms with E-state index in [1.807, 2.05) is 30.3 Å². The number of nitrogens with zero attached hydrogens (tertiary/aromatic N) is 10. The molecule has 10 rings (SSSR count). The van der Waals surface area contributed by atoms with Crippen LogP contribution in [0, 0.1) is 18.4 Å². The number of pyridine rings is 2. The van der Waals surface area contributed by atoms with Crippen molar-refractivity contribution < 1.29 is 36.1 Å². The number of ether oxygens (including phenoxy) is 2. The number of H-pyrrole nitrogens is 2. The molecule has 0 unspecified atom stereocenters. The third-order valence-corrected chi connectivity index (χ3v) is 11.2. The number of carbonyl (C=O) groups excluding carboxylic acids is 2. The molecule has 0 radical (unpaired) electrons. The third-order valence-electron chi connectivity index (χ3n) is 10.7. The van der Waals surface area contributed by atoms with Crippen LogP contribution in [0.4, 0.5) is 5.69 Å². The molecule has 0 spiro atoms. The number of hydrogen-bond donors (Lipinski definition) is 2. The second-order valence-electron chi connectivity index (χ2n) is 14.6. The van der Waals surface area contributed by atoms with E-state index in [9.17, 15) is 19.2 Å². The average Bonchev–Trinajstić information content (AvgIpc) is 4.06. The van der Waals surface area contributed by atoms with E-state index in [-0.39, 0.29) is 40.0 Å². The van der Waals surface area contributed by atoms with E-state index in [4.69, 9.17) is 27.9 Å². The molecule has 6 heterocycles. The molecule has 8 aromatic rings. The summed E-state index contributed by atoms with van der Waals surface area (Å²) in [5.74, 6) is -0.0355. The van der Waals surface area contributed by atoms with E-state index in [1.54, 1.807) is 98.3 Å². The Bertz CT molecular complexity index is 3220. The van der Waals surface area contributed by atoms with E-state index in [2.05, 4.69) is 51.4 Å². The fourth-order valence-corrected chi connectivity index (χ4v) is 7.61. The van der Waals surface area contributed by atoms with Crippen LogP contribution in [-0.2, 0) is 26.5 Å². The monoisotopic (exact) mass is 994 g/mol. The molecule has 2 N–H and O–H groups in total. The van der Waals surface area contributed by atoms with Gasteiger partial charge in [-0.1, -0.05) is 44.6 Å². The zero-order chi connectivity index (χ0) is 45.5. The molecular formula is C46H36BrCuN12O6. The topological polar surface area (TPSA) is 214 Å². The molecule has 4 aromatic carbocycles. The number of morpholine rings is 2. The minimum atomic E-state index is -0.307. The van der Waals surface area contributed by atoms with Gasteiger partial charge in [-0.3, -0.25) is 19.2 Å². The van der Waals surface area contributed by atoms with Gasteiger partial charge in [-0.15, -0.1) is 10.2 Å². The number of amides is 2. The van der Waals surface area contributed by atoms with Gasteiger partial charge < -0.3 is 41.1 Å². The molecule has 0 bridgehead atoms. The Morgan fingerprint density at radius 1 is 0.621 bits per heavy atom. The van der Waals surface area contributed by atoms with Crippen molar-refractivity contribution in [1.82, 2.24) is 49.8 Å². The summed E-state index contributed by atoms with van der Waals surface area (Å²) >= 11 is 3.41. The Hall–Kier alpha value is -7.58. The maximum Gasteiger partial charge on any atom is 1.00 e. The van der Waals surface area contributed by atoms with E-state index >= 15 is 0 Å². The van der Waals surface area contributed by atoms with Crippen molar-refractivity contribution in [3.8, 4) is 33.9 Å². The summed E-state index contributed by atoms with van der Waals surface area (Å²) in [7, 11) is 0. The van der Waals surface area contributed by atoms with Gasteiger partial charge in [-0.2, -0.15) is 0 Å². The molecule has 2 aliphatic heterocycles. The summed E-state index contributed by atoms with van der Waals surface area (Å²) in [6.07, 6.45) is 3.37. The second kappa shape index (κ2) is 20.9. The Balaban J connectivity index is 0.000000187. The number of aromatic amines is 2. The van der Waals surface area contributed by atoms with Crippen LogP contribution >= 0.6 is 15.9 Å². The van der Waals surface area contributed by atoms with Gasteiger partial charge >= 0.3 is 17.1 Å². The van der Waals surface area contributed by atoms with Crippen LogP contribution in [0.15, 0.2) is 124 Å². The van der Waals surface area contributed by atoms with Gasteiger partial charge in [0, 0.05) is 52.8 Å². The Morgan fingerprint density at radius 2 is 1.05 bits per heavy atom. The molecule has 2 fully saturated rings. The fraction of sp³-hybridized carbons (Fsp3) is 0.174. The van der Waals surface area contributed by atoms with Crippen molar-refractivity contribution in [3.05, 3.63) is 164 Å². The predicted octanol–water partition coefficient (Wildman–Crippen LogP) is 5.90. The molecule has 0 atom stereocenters. The molecule has 0 saturated carbocycles. The molecule has 2 saturated heterocycles. The van der Waals surface area contributed by atoms with Crippen LogP contribution < -0.4 is 11.1 Å². The van der Waals surface area contributed by atoms with Gasteiger partial charge in [0.2, 0.25) is 0 Å². The molecular weight excluding hydrogens is 960 g/mol. The van der Waals surface area contributed by atoms with Gasteiger partial charge in [0.25, 0.3) is 22.9 Å². The number of halogens is 1. The van der Waals surface area contributed by atoms with Crippen molar-refractivity contribution in [3.63, 3.8) is 0 Å². The van der Waals surface area contributed by atoms with Crippen LogP contribution in [0.2, 0.25) is 0 Å². The minimum absolute atomic E-state index is 0. The van der Waals surface area contributed by atoms with E-state index in [1.165, 1.54) is 0 Å². The molecule has 334 valence electrons. The Labute approximate surface area is 394 Å². The Morgan fingerprint density at radius 3 is 1.48 bits per heavy atom. The molecule has 20 heteroatoms. The summed E-state index contributed by atoms with van der Waals surface area (Å²) in [4.78, 5) is 63.0. The molecule has 2 aliphatic rings. The summed E-state index contributed by atoms with van der Waals surface area (Å²) in [5, 5.41) is 24.6. The van der Waals surface area contributed by atoms with Crippen molar-refractivity contribution >= 4 is 55.2 Å². The van der Waals surface area contributed by atoms with Crippen molar-refractivity contribution in [2.75, 3.05) is 52.6 Å². The van der Waals surface area contributed by atoms with Crippen molar-refractivity contribution in [2.45, 2.75) is 0 Å². The first kappa shape index (κ1) is 46.4. The van der Waals surface area contributed by atoms with Gasteiger partial charge in [0.15, 0.2) is 5.69 Å². The van der Waals surface area contributed by atoms with Crippen LogP contribution in [0.3, 0.4) is 0 Å². The first-order valence-corrected chi connectivity index (χ1v) is 20.9. The maximum absolute atomic E-state index is 12.6. The average molecular weight is 996 g/mol. The van der Waals surface area contributed by atoms with Crippen LogP contribution in [0.5, 0.6) is 0 Å². The molecule has 18 nitrogen and oxygen atoms in total. The van der Waals surface area contributed by atoms with Gasteiger partial charge in [-0.05, 0) is 89.6 Å². The number of benzene rings is 4. The summed E-state index contributed by atoms with van der Waals surface area (Å²) in [6.45, 7) is 16.5. The second-order valence-corrected chi connectivity index (χ2v) is 15.6. The van der Waals surface area contributed by atoms with Gasteiger partial charge in [0.1, 0.15) is 11.4 Å². The van der Waals surface area contributed by atoms with Crippen LogP contribution in [-0.4, -0.2) is 114 Å². The molecule has 0 aliphatic carbocycles. The summed E-state index contributed by atoms with van der Waals surface area (Å²) in [6, 6.07) is 28.6. The standard InChI is InChI=1S/C23H18N6O3.C22H18BrN5O3.CN.Cu/c1-24-17-5-2-16-12-19(22(30)25-20(16)13-17)21-14-29(27-26-21)18-6-3-15(4-7-18)23(31)28-8-10-32-11-9-28;23-16-4-1-15-11-18(21(29)24-19(15)12-16)20-13-28(26-25-20)17-5-2-14(3-6-17)22(30)27-7-9-31-10-8-27;1-2;/h2-7,12-14H,8-11H2,(H,25,30);1-6,11-13H,7-10H2,(H,24,29);;/q;;-1;+1. The van der Waals surface area contributed by atoms with Crippen LogP contribution in [0.1, 0.15) is 20.7 Å². The Kier molecular flexibility index (Phi) is 14.7. The van der Waals surface area contributed by atoms with Gasteiger partial charge in [0.05, 0.1) is 67.9 Å². The zero-order valence-corrected chi connectivity index (χ0v) is 37.2. The van der Waals surface area contributed by atoms with Crippen LogP contribution in [0.25, 0.3) is 60.5 Å². The number of aromatic nitrogens is 8. The number of hydrogen-bond acceptors (Lipinski definition) is 11. The first-order valence-electron chi connectivity index (χ1n) is 20.1. The third kappa shape index (κ3) is 10.2. The fourth-order valence-electron chi connectivity index (χ4n) is 7.25. The zero-order valence-electron chi connectivity index (χ0n) is 34.7. The first-order chi connectivity index (χ1) is 31.7. The smallest absolute Gasteiger partial charge is 0.512 e. The quantitative estimate of drug-likeness (QED) is 0.148. The molecule has 66 heavy (non-hydrogen) atoms. The minimum Gasteiger partial charge on any atom is -0.512 e. The van der Waals surface area contributed by atoms with E-state index in [0.717, 1.165) is 32.1 Å². The molecule has 2 amide bonds. The van der Waals surface area contributed by atoms with E-state index in [0.29, 0.717) is 97.5 Å². The normalized spacial score (nSPS) is 13.4.